The number of halogens is 2. The van der Waals surface area contributed by atoms with Crippen molar-refractivity contribution in [2.24, 2.45) is 0 Å². The quantitative estimate of drug-likeness (QED) is 0.604. The van der Waals surface area contributed by atoms with Crippen LogP contribution in [0.25, 0.3) is 0 Å². The molecule has 25 heavy (non-hydrogen) atoms. The number of carbonyl (C=O) groups is 2. The topological polar surface area (TPSA) is 72.4 Å². The van der Waals surface area contributed by atoms with Crippen molar-refractivity contribution >= 4 is 29.8 Å². The lowest BCUT2D eigenvalue weighted by atomic mass is 10.2. The van der Waals surface area contributed by atoms with Gasteiger partial charge in [0.05, 0.1) is 6.54 Å². The van der Waals surface area contributed by atoms with Gasteiger partial charge >= 0.3 is 6.09 Å². The molecule has 6 nitrogen and oxygen atoms in total. The normalized spacial score (nSPS) is 11.1. The number of carbonyl (C=O) groups excluding carboxylic acids is 2. The van der Waals surface area contributed by atoms with Crippen molar-refractivity contribution in [1.82, 2.24) is 9.97 Å². The number of rotatable bonds is 4. The van der Waals surface area contributed by atoms with Crippen LogP contribution >= 0.6 is 11.6 Å². The largest absolute Gasteiger partial charge is 0.443 e. The molecule has 2 aromatic heterocycles. The minimum absolute atomic E-state index is 0.0244. The molecule has 0 spiro atoms. The summed E-state index contributed by atoms with van der Waals surface area (Å²) in [5, 5.41) is 0.298. The fourth-order valence-electron chi connectivity index (χ4n) is 1.93. The first-order valence-electron chi connectivity index (χ1n) is 7.41. The van der Waals surface area contributed by atoms with Crippen LogP contribution in [-0.4, -0.2) is 27.9 Å². The highest BCUT2D eigenvalue weighted by atomic mass is 35.5. The van der Waals surface area contributed by atoms with Gasteiger partial charge in [-0.15, -0.1) is 0 Å². The van der Waals surface area contributed by atoms with Gasteiger partial charge in [-0.25, -0.2) is 19.2 Å². The smallest absolute Gasteiger partial charge is 0.416 e. The summed E-state index contributed by atoms with van der Waals surface area (Å²) in [7, 11) is 0. The lowest BCUT2D eigenvalue weighted by molar-refractivity contribution is 0.0575. The van der Waals surface area contributed by atoms with E-state index in [9.17, 15) is 14.0 Å². The number of pyridine rings is 2. The molecule has 0 saturated carbocycles. The molecule has 0 atom stereocenters. The van der Waals surface area contributed by atoms with Gasteiger partial charge in [0.25, 0.3) is 0 Å². The second-order valence-electron chi connectivity index (χ2n) is 6.25. The summed E-state index contributed by atoms with van der Waals surface area (Å²) in [5.74, 6) is -1.05. The van der Waals surface area contributed by atoms with E-state index in [2.05, 4.69) is 9.97 Å². The number of aldehydes is 1. The highest BCUT2D eigenvalue weighted by Gasteiger charge is 2.27. The van der Waals surface area contributed by atoms with Gasteiger partial charge in [0, 0.05) is 18.0 Å². The third-order valence-electron chi connectivity index (χ3n) is 2.98. The molecule has 0 aliphatic carbocycles. The summed E-state index contributed by atoms with van der Waals surface area (Å²) in [6.07, 6.45) is 2.36. The van der Waals surface area contributed by atoms with E-state index in [1.54, 1.807) is 32.9 Å². The second-order valence-corrected chi connectivity index (χ2v) is 6.63. The molecule has 2 aromatic rings. The van der Waals surface area contributed by atoms with Gasteiger partial charge in [0.15, 0.2) is 17.9 Å². The highest BCUT2D eigenvalue weighted by Crippen LogP contribution is 2.22. The van der Waals surface area contributed by atoms with Crippen molar-refractivity contribution in [2.45, 2.75) is 32.9 Å². The number of hydrogen-bond acceptors (Lipinski definition) is 5. The maximum Gasteiger partial charge on any atom is 0.416 e. The second kappa shape index (κ2) is 7.57. The first kappa shape index (κ1) is 18.8. The molecular weight excluding hydrogens is 349 g/mol. The Labute approximate surface area is 149 Å². The van der Waals surface area contributed by atoms with Crippen LogP contribution in [0.1, 0.15) is 36.7 Å². The maximum atomic E-state index is 14.3. The average Bonchev–Trinajstić information content (AvgIpc) is 2.53. The van der Waals surface area contributed by atoms with Crippen molar-refractivity contribution in [1.29, 1.82) is 0 Å². The molecule has 0 aliphatic rings. The van der Waals surface area contributed by atoms with E-state index in [0.29, 0.717) is 17.0 Å². The summed E-state index contributed by atoms with van der Waals surface area (Å²) in [4.78, 5) is 32.1. The van der Waals surface area contributed by atoms with Gasteiger partial charge in [-0.2, -0.15) is 0 Å². The first-order valence-corrected chi connectivity index (χ1v) is 7.79. The zero-order valence-corrected chi connectivity index (χ0v) is 14.7. The number of hydrogen-bond donors (Lipinski definition) is 0. The van der Waals surface area contributed by atoms with Crippen LogP contribution in [0, 0.1) is 5.82 Å². The van der Waals surface area contributed by atoms with Gasteiger partial charge in [-0.05, 0) is 38.5 Å². The minimum atomic E-state index is -0.808. The first-order chi connectivity index (χ1) is 11.7. The van der Waals surface area contributed by atoms with E-state index < -0.39 is 17.5 Å². The van der Waals surface area contributed by atoms with Crippen LogP contribution < -0.4 is 4.90 Å². The van der Waals surface area contributed by atoms with Crippen molar-refractivity contribution < 1.29 is 18.7 Å². The summed E-state index contributed by atoms with van der Waals surface area (Å²) in [6, 6.07) is 4.22. The lowest BCUT2D eigenvalue weighted by Crippen LogP contribution is -2.37. The average molecular weight is 366 g/mol. The number of anilines is 1. The predicted molar refractivity (Wildman–Crippen MR) is 91.2 cm³/mol. The van der Waals surface area contributed by atoms with Crippen LogP contribution in [-0.2, 0) is 11.3 Å². The SMILES string of the molecule is CC(C)(C)OC(=O)N(Cc1ccc(Cl)nc1)c1ncc(C=O)cc1F. The Morgan fingerprint density at radius 1 is 1.32 bits per heavy atom. The Kier molecular flexibility index (Phi) is 5.69. The van der Waals surface area contributed by atoms with E-state index in [1.807, 2.05) is 0 Å². The number of nitrogens with zero attached hydrogens (tertiary/aromatic N) is 3. The van der Waals surface area contributed by atoms with Crippen molar-refractivity contribution in [3.8, 4) is 0 Å². The molecular formula is C17H17ClFN3O3. The molecule has 0 unspecified atom stereocenters. The van der Waals surface area contributed by atoms with Gasteiger partial charge in [-0.1, -0.05) is 17.7 Å². The maximum absolute atomic E-state index is 14.3. The van der Waals surface area contributed by atoms with Gasteiger partial charge in [0.2, 0.25) is 0 Å². The Hall–Kier alpha value is -2.54. The number of amides is 1. The summed E-state index contributed by atoms with van der Waals surface area (Å²) in [5.41, 5.74) is -0.0956. The van der Waals surface area contributed by atoms with Crippen LogP contribution in [0.5, 0.6) is 0 Å². The van der Waals surface area contributed by atoms with Gasteiger partial charge in [0.1, 0.15) is 10.8 Å². The number of ether oxygens (including phenoxy) is 1. The van der Waals surface area contributed by atoms with Gasteiger partial charge < -0.3 is 4.74 Å². The molecule has 0 saturated heterocycles. The lowest BCUT2D eigenvalue weighted by Gasteiger charge is -2.27. The third-order valence-corrected chi connectivity index (χ3v) is 3.20. The molecule has 0 radical (unpaired) electrons. The fourth-order valence-corrected chi connectivity index (χ4v) is 2.05. The van der Waals surface area contributed by atoms with Crippen LogP contribution in [0.3, 0.4) is 0 Å². The molecule has 0 fully saturated rings. The zero-order valence-electron chi connectivity index (χ0n) is 14.0. The van der Waals surface area contributed by atoms with Gasteiger partial charge in [-0.3, -0.25) is 9.69 Å². The Balaban J connectivity index is 2.39. The van der Waals surface area contributed by atoms with E-state index in [0.717, 1.165) is 11.0 Å². The van der Waals surface area contributed by atoms with Crippen LogP contribution in [0.15, 0.2) is 30.6 Å². The third kappa shape index (κ3) is 5.22. The monoisotopic (exact) mass is 365 g/mol. The molecule has 0 bridgehead atoms. The summed E-state index contributed by atoms with van der Waals surface area (Å²) >= 11 is 5.75. The molecule has 8 heteroatoms. The fraction of sp³-hybridized carbons (Fsp3) is 0.294. The summed E-state index contributed by atoms with van der Waals surface area (Å²) < 4.78 is 19.7. The van der Waals surface area contributed by atoms with Crippen molar-refractivity contribution in [3.63, 3.8) is 0 Å². The molecule has 132 valence electrons. The van der Waals surface area contributed by atoms with Crippen molar-refractivity contribution in [3.05, 3.63) is 52.7 Å². The number of aromatic nitrogens is 2. The molecule has 2 rings (SSSR count). The highest BCUT2D eigenvalue weighted by molar-refractivity contribution is 6.29. The van der Waals surface area contributed by atoms with Crippen LogP contribution in [0.4, 0.5) is 15.0 Å². The van der Waals surface area contributed by atoms with E-state index in [-0.39, 0.29) is 17.9 Å². The summed E-state index contributed by atoms with van der Waals surface area (Å²) in [6.45, 7) is 5.08. The molecule has 0 aromatic carbocycles. The van der Waals surface area contributed by atoms with Crippen LogP contribution in [0.2, 0.25) is 5.15 Å². The van der Waals surface area contributed by atoms with Crippen molar-refractivity contribution in [2.75, 3.05) is 4.90 Å². The molecule has 1 amide bonds. The van der Waals surface area contributed by atoms with E-state index in [1.165, 1.54) is 12.4 Å². The van der Waals surface area contributed by atoms with E-state index >= 15 is 0 Å². The predicted octanol–water partition coefficient (Wildman–Crippen LogP) is 4.02. The van der Waals surface area contributed by atoms with E-state index in [4.69, 9.17) is 16.3 Å². The Morgan fingerprint density at radius 3 is 2.56 bits per heavy atom. The Bertz CT molecular complexity index is 776. The molecule has 0 aliphatic heterocycles. The standard InChI is InChI=1S/C17H17ClFN3O3/c1-17(2,3)25-16(24)22(9-11-4-5-14(18)20-7-11)15-13(19)6-12(10-23)8-21-15/h4-8,10H,9H2,1-3H3. The zero-order chi connectivity index (χ0) is 18.6. The minimum Gasteiger partial charge on any atom is -0.443 e. The molecule has 2 heterocycles. The Morgan fingerprint density at radius 2 is 2.04 bits per heavy atom. The molecule has 0 N–H and O–H groups in total.